The summed E-state index contributed by atoms with van der Waals surface area (Å²) >= 11 is 6.34. The molecule has 0 bridgehead atoms. The maximum absolute atomic E-state index is 13.2. The van der Waals surface area contributed by atoms with Crippen molar-refractivity contribution in [2.75, 3.05) is 0 Å². The number of hydrogen-bond acceptors (Lipinski definition) is 6. The van der Waals surface area contributed by atoms with Gasteiger partial charge in [-0.05, 0) is 57.4 Å². The zero-order valence-corrected chi connectivity index (χ0v) is 21.7. The van der Waals surface area contributed by atoms with Crippen molar-refractivity contribution in [3.8, 4) is 28.7 Å². The predicted molar refractivity (Wildman–Crippen MR) is 134 cm³/mol. The molecule has 0 aliphatic carbocycles. The van der Waals surface area contributed by atoms with Crippen LogP contribution in [-0.2, 0) is 11.2 Å². The average molecular weight is 537 g/mol. The molecule has 0 radical (unpaired) electrons. The number of carbonyl (C=O) groups excluding carboxylic acids is 1. The van der Waals surface area contributed by atoms with Crippen molar-refractivity contribution in [2.24, 2.45) is 5.41 Å². The lowest BCUT2D eigenvalue weighted by molar-refractivity contribution is -0.210. The van der Waals surface area contributed by atoms with Gasteiger partial charge in [0.25, 0.3) is 0 Å². The van der Waals surface area contributed by atoms with E-state index in [1.54, 1.807) is 24.3 Å². The highest BCUT2D eigenvalue weighted by atomic mass is 35.5. The number of H-pyrrole nitrogens is 1. The average Bonchev–Trinajstić information content (AvgIpc) is 2.82. The van der Waals surface area contributed by atoms with Gasteiger partial charge in [0.1, 0.15) is 17.0 Å². The second kappa shape index (κ2) is 11.4. The molecule has 3 aromatic rings. The third-order valence-electron chi connectivity index (χ3n) is 5.99. The molecule has 0 saturated heterocycles. The van der Waals surface area contributed by atoms with Crippen LogP contribution in [0.5, 0.6) is 5.88 Å². The number of halogens is 4. The molecule has 1 atom stereocenters. The van der Waals surface area contributed by atoms with Crippen molar-refractivity contribution in [2.45, 2.75) is 65.7 Å². The predicted octanol–water partition coefficient (Wildman–Crippen LogP) is 6.20. The first-order chi connectivity index (χ1) is 17.3. The summed E-state index contributed by atoms with van der Waals surface area (Å²) in [6.45, 7) is 5.76. The number of nitrogens with zero attached hydrogens (tertiary/aromatic N) is 3. The van der Waals surface area contributed by atoms with Crippen LogP contribution in [0, 0.1) is 5.41 Å². The number of benzene rings is 1. The number of pyridine rings is 1. The lowest BCUT2D eigenvalue weighted by atomic mass is 9.84. The topological polar surface area (TPSA) is 97.8 Å². The Hall–Kier alpha value is -3.27. The number of alkyl halides is 3. The van der Waals surface area contributed by atoms with Gasteiger partial charge in [0, 0.05) is 29.8 Å². The monoisotopic (exact) mass is 536 g/mol. The number of nitrogens with one attached hydrogen (secondary N) is 1. The van der Waals surface area contributed by atoms with E-state index in [9.17, 15) is 22.8 Å². The normalized spacial score (nSPS) is 12.9. The molecule has 0 aliphatic rings. The van der Waals surface area contributed by atoms with E-state index in [0.29, 0.717) is 22.6 Å². The Labute approximate surface area is 217 Å². The summed E-state index contributed by atoms with van der Waals surface area (Å²) in [7, 11) is 0. The van der Waals surface area contributed by atoms with E-state index < -0.39 is 23.1 Å². The number of aromatic nitrogens is 4. The molecule has 0 amide bonds. The van der Waals surface area contributed by atoms with Crippen LogP contribution in [0.25, 0.3) is 22.8 Å². The van der Waals surface area contributed by atoms with Gasteiger partial charge in [0.15, 0.2) is 5.82 Å². The quantitative estimate of drug-likeness (QED) is 0.331. The zero-order chi connectivity index (χ0) is 27.4. The Bertz CT molecular complexity index is 1310. The molecule has 1 N–H and O–H groups in total. The minimum atomic E-state index is -4.64. The minimum Gasteiger partial charge on any atom is -0.475 e. The van der Waals surface area contributed by atoms with Crippen molar-refractivity contribution in [3.05, 3.63) is 57.6 Å². The lowest BCUT2D eigenvalue weighted by Crippen LogP contribution is -2.39. The highest BCUT2D eigenvalue weighted by Crippen LogP contribution is 2.39. The Balaban J connectivity index is 1.84. The summed E-state index contributed by atoms with van der Waals surface area (Å²) in [5.41, 5.74) is -1.71. The van der Waals surface area contributed by atoms with E-state index in [2.05, 4.69) is 26.9 Å². The van der Waals surface area contributed by atoms with E-state index in [1.807, 2.05) is 6.92 Å². The Morgan fingerprint density at radius 1 is 1.16 bits per heavy atom. The largest absolute Gasteiger partial charge is 0.475 e. The van der Waals surface area contributed by atoms with Gasteiger partial charge >= 0.3 is 11.9 Å². The summed E-state index contributed by atoms with van der Waals surface area (Å²) in [5.74, 6) is -0.240. The molecule has 37 heavy (non-hydrogen) atoms. The standard InChI is InChI=1S/C26H28ClF3N4O3/c1-5-6-15(2)37-21-12-9-17(14-31-21)22-32-23(34-24(36)33-22)18-13-16(7-10-19(18)27)8-11-20(35)25(3,4)26(28,29)30/h7,9-10,12-15H,5-6,8,11H2,1-4H3,(H,32,33,34,36)/t15-/m1/s1. The van der Waals surface area contributed by atoms with Gasteiger partial charge < -0.3 is 4.74 Å². The number of Topliss-reactive ketones (excluding diaryl/α,β-unsaturated/α-hetero) is 1. The van der Waals surface area contributed by atoms with Crippen LogP contribution in [0.3, 0.4) is 0 Å². The van der Waals surface area contributed by atoms with Crippen molar-refractivity contribution in [1.82, 2.24) is 19.9 Å². The third kappa shape index (κ3) is 6.94. The highest BCUT2D eigenvalue weighted by molar-refractivity contribution is 6.33. The van der Waals surface area contributed by atoms with Crippen molar-refractivity contribution < 1.29 is 22.7 Å². The van der Waals surface area contributed by atoms with Gasteiger partial charge in [0.05, 0.1) is 11.1 Å². The molecule has 2 heterocycles. The summed E-state index contributed by atoms with van der Waals surface area (Å²) in [6.07, 6.45) is -1.51. The van der Waals surface area contributed by atoms with E-state index >= 15 is 0 Å². The minimum absolute atomic E-state index is 0.00928. The fourth-order valence-corrected chi connectivity index (χ4v) is 3.74. The van der Waals surface area contributed by atoms with E-state index in [4.69, 9.17) is 16.3 Å². The van der Waals surface area contributed by atoms with Gasteiger partial charge in [0.2, 0.25) is 5.88 Å². The van der Waals surface area contributed by atoms with Gasteiger partial charge in [-0.2, -0.15) is 18.2 Å². The maximum atomic E-state index is 13.2. The van der Waals surface area contributed by atoms with Crippen LogP contribution in [0.2, 0.25) is 5.02 Å². The summed E-state index contributed by atoms with van der Waals surface area (Å²) in [6, 6.07) is 8.09. The lowest BCUT2D eigenvalue weighted by Gasteiger charge is -2.26. The van der Waals surface area contributed by atoms with E-state index in [1.165, 1.54) is 12.3 Å². The summed E-state index contributed by atoms with van der Waals surface area (Å²) in [4.78, 5) is 39.7. The van der Waals surface area contributed by atoms with Crippen LogP contribution >= 0.6 is 11.6 Å². The number of hydrogen-bond donors (Lipinski definition) is 1. The van der Waals surface area contributed by atoms with Crippen LogP contribution in [0.4, 0.5) is 13.2 Å². The molecule has 1 aromatic carbocycles. The molecular formula is C26H28ClF3N4O3. The number of aryl methyl sites for hydroxylation is 1. The molecule has 0 saturated carbocycles. The van der Waals surface area contributed by atoms with E-state index in [-0.39, 0.29) is 35.6 Å². The molecule has 198 valence electrons. The smallest absolute Gasteiger partial charge is 0.400 e. The van der Waals surface area contributed by atoms with Crippen LogP contribution in [0.15, 0.2) is 41.3 Å². The first-order valence-corrected chi connectivity index (χ1v) is 12.2. The third-order valence-corrected chi connectivity index (χ3v) is 6.32. The van der Waals surface area contributed by atoms with Gasteiger partial charge in [-0.1, -0.05) is 31.0 Å². The molecule has 7 nitrogen and oxygen atoms in total. The number of carbonyl (C=O) groups is 1. The van der Waals surface area contributed by atoms with Gasteiger partial charge in [-0.15, -0.1) is 0 Å². The molecule has 0 fully saturated rings. The number of rotatable bonds is 10. The maximum Gasteiger partial charge on any atom is 0.400 e. The van der Waals surface area contributed by atoms with Gasteiger partial charge in [-0.25, -0.2) is 14.8 Å². The van der Waals surface area contributed by atoms with E-state index in [0.717, 1.165) is 26.7 Å². The number of ether oxygens (including phenoxy) is 1. The van der Waals surface area contributed by atoms with Crippen molar-refractivity contribution >= 4 is 17.4 Å². The van der Waals surface area contributed by atoms with Crippen molar-refractivity contribution in [1.29, 1.82) is 0 Å². The fraction of sp³-hybridized carbons (Fsp3) is 0.423. The fourth-order valence-electron chi connectivity index (χ4n) is 3.53. The Morgan fingerprint density at radius 3 is 2.51 bits per heavy atom. The van der Waals surface area contributed by atoms with Gasteiger partial charge in [-0.3, -0.25) is 9.78 Å². The molecule has 2 aromatic heterocycles. The first kappa shape index (κ1) is 28.3. The number of aromatic amines is 1. The summed E-state index contributed by atoms with van der Waals surface area (Å²) in [5, 5.41) is 0.262. The van der Waals surface area contributed by atoms with Crippen LogP contribution < -0.4 is 10.4 Å². The van der Waals surface area contributed by atoms with Crippen LogP contribution in [0.1, 0.15) is 52.5 Å². The van der Waals surface area contributed by atoms with Crippen LogP contribution in [-0.4, -0.2) is 38.0 Å². The molecule has 3 rings (SSSR count). The molecular weight excluding hydrogens is 509 g/mol. The first-order valence-electron chi connectivity index (χ1n) is 11.8. The highest BCUT2D eigenvalue weighted by Gasteiger charge is 2.51. The molecule has 0 aliphatic heterocycles. The summed E-state index contributed by atoms with van der Waals surface area (Å²) < 4.78 is 45.3. The number of ketones is 1. The second-order valence-corrected chi connectivity index (χ2v) is 9.70. The Morgan fingerprint density at radius 2 is 1.89 bits per heavy atom. The zero-order valence-electron chi connectivity index (χ0n) is 20.9. The molecule has 0 unspecified atom stereocenters. The SMILES string of the molecule is CCC[C@@H](C)Oc1ccc(-c2nc(-c3cc(CCC(=O)C(C)(C)C(F)(F)F)ccc3Cl)[nH]c(=O)n2)cn1. The second-order valence-electron chi connectivity index (χ2n) is 9.29. The Kier molecular flexibility index (Phi) is 8.73. The molecule has 11 heteroatoms. The van der Waals surface area contributed by atoms with Crippen molar-refractivity contribution in [3.63, 3.8) is 0 Å². The molecule has 0 spiro atoms.